The van der Waals surface area contributed by atoms with Crippen molar-refractivity contribution in [3.8, 4) is 0 Å². The number of fused-ring (bicyclic) bond motifs is 3. The summed E-state index contributed by atoms with van der Waals surface area (Å²) in [5.41, 5.74) is 2.59. The molecular weight excluding hydrogens is 338 g/mol. The smallest absolute Gasteiger partial charge is 0.329 e. The molecule has 21 heavy (non-hydrogen) atoms. The predicted molar refractivity (Wildman–Crippen MR) is 83.1 cm³/mol. The van der Waals surface area contributed by atoms with E-state index in [1.54, 1.807) is 6.07 Å². The first kappa shape index (κ1) is 13.6. The topological polar surface area (TPSA) is 68.5 Å². The molecule has 0 bridgehead atoms. The van der Waals surface area contributed by atoms with E-state index in [1.807, 2.05) is 24.3 Å². The lowest BCUT2D eigenvalue weighted by atomic mass is 10.1. The van der Waals surface area contributed by atoms with E-state index in [4.69, 9.17) is 4.42 Å². The van der Waals surface area contributed by atoms with E-state index in [1.165, 1.54) is 13.2 Å². The lowest BCUT2D eigenvalue weighted by Crippen LogP contribution is -2.14. The molecule has 6 heteroatoms. The van der Waals surface area contributed by atoms with Gasteiger partial charge in [-0.1, -0.05) is 22.0 Å². The number of benzene rings is 2. The summed E-state index contributed by atoms with van der Waals surface area (Å²) < 4.78 is 6.49. The van der Waals surface area contributed by atoms with E-state index in [0.717, 1.165) is 15.2 Å². The van der Waals surface area contributed by atoms with E-state index < -0.39 is 5.97 Å². The summed E-state index contributed by atoms with van der Waals surface area (Å²) >= 11 is 3.41. The molecule has 0 unspecified atom stereocenters. The molecule has 3 rings (SSSR count). The minimum Gasteiger partial charge on any atom is -0.461 e. The number of anilines is 1. The van der Waals surface area contributed by atoms with Crippen molar-refractivity contribution in [1.82, 2.24) is 0 Å². The van der Waals surface area contributed by atoms with Gasteiger partial charge in [0.1, 0.15) is 11.8 Å². The van der Waals surface area contributed by atoms with Crippen LogP contribution >= 0.6 is 15.9 Å². The van der Waals surface area contributed by atoms with Gasteiger partial charge in [0, 0.05) is 16.8 Å². The largest absolute Gasteiger partial charge is 0.461 e. The Morgan fingerprint density at radius 2 is 2.00 bits per heavy atom. The quantitative estimate of drug-likeness (QED) is 0.566. The molecule has 106 valence electrons. The van der Waals surface area contributed by atoms with Gasteiger partial charge in [0.15, 0.2) is 5.69 Å². The van der Waals surface area contributed by atoms with E-state index in [-0.39, 0.29) is 11.1 Å². The third-order valence-electron chi connectivity index (χ3n) is 3.02. The zero-order valence-electron chi connectivity index (χ0n) is 11.0. The van der Waals surface area contributed by atoms with Gasteiger partial charge >= 0.3 is 5.97 Å². The van der Waals surface area contributed by atoms with Crippen molar-refractivity contribution in [2.75, 3.05) is 5.48 Å². The Bertz CT molecular complexity index is 917. The lowest BCUT2D eigenvalue weighted by Gasteiger charge is -2.06. The fourth-order valence-electron chi connectivity index (χ4n) is 2.09. The van der Waals surface area contributed by atoms with Crippen LogP contribution < -0.4 is 10.9 Å². The first-order chi connectivity index (χ1) is 10.1. The molecule has 5 nitrogen and oxygen atoms in total. The molecule has 1 heterocycles. The number of hydrogen-bond acceptors (Lipinski definition) is 5. The third kappa shape index (κ3) is 2.50. The molecule has 1 aromatic heterocycles. The highest BCUT2D eigenvalue weighted by Gasteiger charge is 2.10. The highest BCUT2D eigenvalue weighted by atomic mass is 79.9. The van der Waals surface area contributed by atoms with Gasteiger partial charge in [-0.2, -0.15) is 0 Å². The highest BCUT2D eigenvalue weighted by molar-refractivity contribution is 9.10. The van der Waals surface area contributed by atoms with Gasteiger partial charge in [-0.25, -0.2) is 5.48 Å². The molecule has 0 aliphatic carbocycles. The summed E-state index contributed by atoms with van der Waals surface area (Å²) in [4.78, 5) is 27.7. The summed E-state index contributed by atoms with van der Waals surface area (Å²) in [6, 6.07) is 9.24. The van der Waals surface area contributed by atoms with Crippen LogP contribution in [0, 0.1) is 0 Å². The number of hydrogen-bond donors (Lipinski definition) is 1. The van der Waals surface area contributed by atoms with Crippen molar-refractivity contribution in [2.45, 2.75) is 6.92 Å². The average molecular weight is 348 g/mol. The maximum Gasteiger partial charge on any atom is 0.329 e. The van der Waals surface area contributed by atoms with Crippen LogP contribution in [0.25, 0.3) is 21.7 Å². The van der Waals surface area contributed by atoms with Crippen molar-refractivity contribution >= 4 is 49.3 Å². The summed E-state index contributed by atoms with van der Waals surface area (Å²) in [5.74, 6) is -0.544. The summed E-state index contributed by atoms with van der Waals surface area (Å²) in [5, 5.41) is 2.22. The SMILES string of the molecule is CC(=O)ONc1coc2c(ccc3cc(Br)ccc32)c1=O. The van der Waals surface area contributed by atoms with E-state index in [2.05, 4.69) is 26.2 Å². The summed E-state index contributed by atoms with van der Waals surface area (Å²) in [7, 11) is 0. The molecule has 0 radical (unpaired) electrons. The van der Waals surface area contributed by atoms with Crippen molar-refractivity contribution in [2.24, 2.45) is 0 Å². The number of halogens is 1. The molecule has 0 spiro atoms. The van der Waals surface area contributed by atoms with Crippen molar-refractivity contribution in [1.29, 1.82) is 0 Å². The molecule has 1 N–H and O–H groups in total. The fraction of sp³-hybridized carbons (Fsp3) is 0.0667. The van der Waals surface area contributed by atoms with Gasteiger partial charge in [-0.3, -0.25) is 9.59 Å². The molecule has 0 saturated carbocycles. The maximum absolute atomic E-state index is 12.3. The number of nitrogens with one attached hydrogen (secondary N) is 1. The van der Waals surface area contributed by atoms with Crippen molar-refractivity contribution in [3.05, 3.63) is 51.3 Å². The minimum absolute atomic E-state index is 0.0779. The van der Waals surface area contributed by atoms with Gasteiger partial charge in [0.2, 0.25) is 5.43 Å². The second-order valence-electron chi connectivity index (χ2n) is 4.48. The molecule has 0 aliphatic rings. The Balaban J connectivity index is 2.21. The Labute approximate surface area is 127 Å². The van der Waals surface area contributed by atoms with Crippen LogP contribution in [-0.2, 0) is 9.63 Å². The van der Waals surface area contributed by atoms with E-state index in [0.29, 0.717) is 11.0 Å². The highest BCUT2D eigenvalue weighted by Crippen LogP contribution is 2.27. The van der Waals surface area contributed by atoms with Crippen molar-refractivity contribution in [3.63, 3.8) is 0 Å². The third-order valence-corrected chi connectivity index (χ3v) is 3.51. The lowest BCUT2D eigenvalue weighted by molar-refractivity contribution is -0.138. The van der Waals surface area contributed by atoms with E-state index >= 15 is 0 Å². The molecule has 3 aromatic rings. The van der Waals surface area contributed by atoms with Crippen LogP contribution in [-0.4, -0.2) is 5.97 Å². The van der Waals surface area contributed by atoms with Crippen LogP contribution in [0.1, 0.15) is 6.92 Å². The zero-order valence-corrected chi connectivity index (χ0v) is 12.6. The molecule has 0 amide bonds. The Morgan fingerprint density at radius 1 is 1.24 bits per heavy atom. The van der Waals surface area contributed by atoms with E-state index in [9.17, 15) is 9.59 Å². The second-order valence-corrected chi connectivity index (χ2v) is 5.40. The fourth-order valence-corrected chi connectivity index (χ4v) is 2.47. The molecule has 0 aliphatic heterocycles. The summed E-state index contributed by atoms with van der Waals surface area (Å²) in [6.07, 6.45) is 1.25. The van der Waals surface area contributed by atoms with Crippen LogP contribution in [0.4, 0.5) is 5.69 Å². The van der Waals surface area contributed by atoms with Gasteiger partial charge in [0.25, 0.3) is 0 Å². The Hall–Kier alpha value is -2.34. The Kier molecular flexibility index (Phi) is 3.39. The molecular formula is C15H10BrNO4. The zero-order chi connectivity index (χ0) is 15.0. The normalized spacial score (nSPS) is 10.8. The number of carbonyl (C=O) groups is 1. The molecule has 0 atom stereocenters. The minimum atomic E-state index is -0.544. The molecule has 0 fully saturated rings. The van der Waals surface area contributed by atoms with Crippen LogP contribution in [0.15, 0.2) is 50.3 Å². The molecule has 0 saturated heterocycles. The average Bonchev–Trinajstić information content (AvgIpc) is 2.45. The van der Waals surface area contributed by atoms with Crippen LogP contribution in [0.3, 0.4) is 0 Å². The van der Waals surface area contributed by atoms with Gasteiger partial charge in [-0.05, 0) is 29.7 Å². The van der Waals surface area contributed by atoms with Gasteiger partial charge < -0.3 is 9.25 Å². The standard InChI is InChI=1S/C15H10BrNO4/c1-8(18)21-17-13-7-20-15-11-5-3-10(16)6-9(11)2-4-12(15)14(13)19/h2-7,17H,1H3. The summed E-state index contributed by atoms with van der Waals surface area (Å²) in [6.45, 7) is 1.24. The first-order valence-electron chi connectivity index (χ1n) is 6.13. The maximum atomic E-state index is 12.3. The number of rotatable bonds is 2. The Morgan fingerprint density at radius 3 is 2.76 bits per heavy atom. The van der Waals surface area contributed by atoms with Crippen LogP contribution in [0.2, 0.25) is 0 Å². The predicted octanol–water partition coefficient (Wildman–Crippen LogP) is 3.60. The monoisotopic (exact) mass is 347 g/mol. The van der Waals surface area contributed by atoms with Crippen molar-refractivity contribution < 1.29 is 14.0 Å². The second kappa shape index (κ2) is 5.21. The molecule has 2 aromatic carbocycles. The first-order valence-corrected chi connectivity index (χ1v) is 6.93. The van der Waals surface area contributed by atoms with Gasteiger partial charge in [-0.15, -0.1) is 0 Å². The van der Waals surface area contributed by atoms with Crippen LogP contribution in [0.5, 0.6) is 0 Å². The number of carbonyl (C=O) groups excluding carboxylic acids is 1. The van der Waals surface area contributed by atoms with Gasteiger partial charge in [0.05, 0.1) is 5.39 Å².